The molecule has 7 nitrogen and oxygen atoms in total. The molecule has 0 spiro atoms. The van der Waals surface area contributed by atoms with Crippen molar-refractivity contribution in [2.75, 3.05) is 16.8 Å². The van der Waals surface area contributed by atoms with Crippen molar-refractivity contribution in [1.82, 2.24) is 0 Å². The second-order valence-corrected chi connectivity index (χ2v) is 6.93. The van der Waals surface area contributed by atoms with Crippen molar-refractivity contribution < 1.29 is 19.1 Å². The maximum atomic E-state index is 12.8. The number of nitriles is 1. The molecule has 0 bridgehead atoms. The Hall–Kier alpha value is -3.92. The number of hydrogen-bond donors (Lipinski definition) is 1. The van der Waals surface area contributed by atoms with Gasteiger partial charge in [0, 0.05) is 6.08 Å². The van der Waals surface area contributed by atoms with Crippen LogP contribution in [-0.4, -0.2) is 29.9 Å². The van der Waals surface area contributed by atoms with Crippen LogP contribution in [0.5, 0.6) is 0 Å². The first kappa shape index (κ1) is 19.8. The van der Waals surface area contributed by atoms with E-state index in [9.17, 15) is 14.4 Å². The molecule has 1 N–H and O–H groups in total. The van der Waals surface area contributed by atoms with Crippen molar-refractivity contribution in [3.63, 3.8) is 0 Å². The number of nitrogens with zero attached hydrogens (tertiary/aromatic N) is 2. The number of benzene rings is 2. The third-order valence-electron chi connectivity index (χ3n) is 4.55. The summed E-state index contributed by atoms with van der Waals surface area (Å²) in [5.74, 6) is -1.51. The fourth-order valence-electron chi connectivity index (χ4n) is 2.98. The highest BCUT2D eigenvalue weighted by atomic mass is 16.5. The number of rotatable bonds is 4. The van der Waals surface area contributed by atoms with Crippen LogP contribution in [0.3, 0.4) is 0 Å². The van der Waals surface area contributed by atoms with Crippen LogP contribution in [0.2, 0.25) is 0 Å². The van der Waals surface area contributed by atoms with Gasteiger partial charge in [0.1, 0.15) is 5.54 Å². The zero-order valence-electron chi connectivity index (χ0n) is 16.0. The predicted octanol–water partition coefficient (Wildman–Crippen LogP) is 2.88. The Labute approximate surface area is 168 Å². The minimum absolute atomic E-state index is 0.323. The van der Waals surface area contributed by atoms with E-state index in [2.05, 4.69) is 5.32 Å². The van der Waals surface area contributed by atoms with Gasteiger partial charge in [0.05, 0.1) is 23.0 Å². The van der Waals surface area contributed by atoms with Gasteiger partial charge >= 0.3 is 5.97 Å². The summed E-state index contributed by atoms with van der Waals surface area (Å²) in [6, 6.07) is 15.6. The summed E-state index contributed by atoms with van der Waals surface area (Å²) in [4.78, 5) is 38.5. The molecule has 0 aliphatic carbocycles. The van der Waals surface area contributed by atoms with Crippen LogP contribution < -0.4 is 10.2 Å². The molecular formula is C22H19N3O4. The summed E-state index contributed by atoms with van der Waals surface area (Å²) in [6.07, 6.45) is 2.73. The lowest BCUT2D eigenvalue weighted by Crippen LogP contribution is -2.59. The van der Waals surface area contributed by atoms with Crippen LogP contribution >= 0.6 is 0 Å². The molecule has 2 aromatic rings. The molecule has 1 aliphatic rings. The first-order chi connectivity index (χ1) is 13.8. The molecule has 1 heterocycles. The van der Waals surface area contributed by atoms with Gasteiger partial charge in [-0.15, -0.1) is 0 Å². The summed E-state index contributed by atoms with van der Waals surface area (Å²) in [5, 5.41) is 11.6. The Kier molecular flexibility index (Phi) is 5.46. The highest BCUT2D eigenvalue weighted by Crippen LogP contribution is 2.36. The van der Waals surface area contributed by atoms with E-state index in [-0.39, 0.29) is 5.91 Å². The molecule has 0 fully saturated rings. The Morgan fingerprint density at radius 3 is 2.55 bits per heavy atom. The summed E-state index contributed by atoms with van der Waals surface area (Å²) < 4.78 is 5.07. The smallest absolute Gasteiger partial charge is 0.331 e. The van der Waals surface area contributed by atoms with E-state index >= 15 is 0 Å². The van der Waals surface area contributed by atoms with E-state index < -0.39 is 24.0 Å². The van der Waals surface area contributed by atoms with E-state index in [4.69, 9.17) is 10.00 Å². The van der Waals surface area contributed by atoms with Gasteiger partial charge in [-0.1, -0.05) is 24.3 Å². The molecule has 0 atom stereocenters. The number of anilines is 2. The molecule has 0 aromatic heterocycles. The molecule has 146 valence electrons. The van der Waals surface area contributed by atoms with Gasteiger partial charge in [-0.25, -0.2) is 4.79 Å². The van der Waals surface area contributed by atoms with Crippen LogP contribution in [0.15, 0.2) is 54.6 Å². The van der Waals surface area contributed by atoms with Crippen molar-refractivity contribution in [2.45, 2.75) is 19.4 Å². The van der Waals surface area contributed by atoms with Crippen LogP contribution in [0.25, 0.3) is 6.08 Å². The fourth-order valence-corrected chi connectivity index (χ4v) is 2.98. The second kappa shape index (κ2) is 7.98. The highest BCUT2D eigenvalue weighted by molar-refractivity contribution is 6.14. The molecule has 2 aromatic carbocycles. The highest BCUT2D eigenvalue weighted by Gasteiger charge is 2.43. The number of amides is 2. The van der Waals surface area contributed by atoms with Gasteiger partial charge in [0.25, 0.3) is 5.91 Å². The molecule has 0 unspecified atom stereocenters. The zero-order chi connectivity index (χ0) is 21.0. The van der Waals surface area contributed by atoms with Crippen LogP contribution in [0.4, 0.5) is 11.4 Å². The standard InChI is InChI=1S/C22H19N3O4/c1-22(2)21(28)24-17-5-3-4-6-18(17)25(22)19(26)14-29-20(27)12-11-15-7-9-16(13-23)10-8-15/h3-12H,14H2,1-2H3,(H,24,28)/b12-11+. The first-order valence-electron chi connectivity index (χ1n) is 8.91. The van der Waals surface area contributed by atoms with E-state index in [1.54, 1.807) is 62.4 Å². The average molecular weight is 389 g/mol. The number of nitrogens with one attached hydrogen (secondary N) is 1. The molecular weight excluding hydrogens is 370 g/mol. The van der Waals surface area contributed by atoms with E-state index in [0.29, 0.717) is 16.9 Å². The SMILES string of the molecule is CC1(C)C(=O)Nc2ccccc2N1C(=O)COC(=O)/C=C/c1ccc(C#N)cc1. The summed E-state index contributed by atoms with van der Waals surface area (Å²) >= 11 is 0. The number of ether oxygens (including phenoxy) is 1. The summed E-state index contributed by atoms with van der Waals surface area (Å²) in [5.41, 5.74) is 1.18. The summed E-state index contributed by atoms with van der Waals surface area (Å²) in [6.45, 7) is 2.76. The van der Waals surface area contributed by atoms with Gasteiger partial charge in [-0.05, 0) is 49.8 Å². The Balaban J connectivity index is 1.68. The van der Waals surface area contributed by atoms with Gasteiger partial charge in [-0.3, -0.25) is 14.5 Å². The lowest BCUT2D eigenvalue weighted by molar-refractivity contribution is -0.143. The topological polar surface area (TPSA) is 99.5 Å². The maximum absolute atomic E-state index is 12.8. The number of carbonyl (C=O) groups is 3. The van der Waals surface area contributed by atoms with Gasteiger partial charge in [0.2, 0.25) is 5.91 Å². The van der Waals surface area contributed by atoms with Crippen molar-refractivity contribution >= 4 is 35.2 Å². The minimum Gasteiger partial charge on any atom is -0.452 e. The quantitative estimate of drug-likeness (QED) is 0.640. The van der Waals surface area contributed by atoms with Crippen LogP contribution in [0.1, 0.15) is 25.0 Å². The van der Waals surface area contributed by atoms with Crippen molar-refractivity contribution in [1.29, 1.82) is 5.26 Å². The van der Waals surface area contributed by atoms with Gasteiger partial charge < -0.3 is 10.1 Å². The molecule has 0 saturated carbocycles. The minimum atomic E-state index is -1.13. The number of hydrogen-bond acceptors (Lipinski definition) is 5. The fraction of sp³-hybridized carbons (Fsp3) is 0.182. The molecule has 2 amide bonds. The first-order valence-corrected chi connectivity index (χ1v) is 8.91. The molecule has 0 saturated heterocycles. The molecule has 7 heteroatoms. The molecule has 29 heavy (non-hydrogen) atoms. The van der Waals surface area contributed by atoms with E-state index in [0.717, 1.165) is 5.56 Å². The number of carbonyl (C=O) groups excluding carboxylic acids is 3. The normalized spacial score (nSPS) is 14.7. The number of esters is 1. The van der Waals surface area contributed by atoms with Crippen molar-refractivity contribution in [3.05, 3.63) is 65.7 Å². The predicted molar refractivity (Wildman–Crippen MR) is 108 cm³/mol. The Morgan fingerprint density at radius 2 is 1.86 bits per heavy atom. The van der Waals surface area contributed by atoms with E-state index in [1.807, 2.05) is 6.07 Å². The van der Waals surface area contributed by atoms with Crippen molar-refractivity contribution in [3.8, 4) is 6.07 Å². The van der Waals surface area contributed by atoms with Crippen LogP contribution in [0, 0.1) is 11.3 Å². The van der Waals surface area contributed by atoms with Crippen molar-refractivity contribution in [2.24, 2.45) is 0 Å². The zero-order valence-corrected chi connectivity index (χ0v) is 16.0. The molecule has 0 radical (unpaired) electrons. The van der Waals surface area contributed by atoms with Gasteiger partial charge in [0.15, 0.2) is 6.61 Å². The molecule has 1 aliphatic heterocycles. The third-order valence-corrected chi connectivity index (χ3v) is 4.55. The maximum Gasteiger partial charge on any atom is 0.331 e. The van der Waals surface area contributed by atoms with Crippen LogP contribution in [-0.2, 0) is 19.1 Å². The average Bonchev–Trinajstić information content (AvgIpc) is 2.71. The second-order valence-electron chi connectivity index (χ2n) is 6.93. The summed E-state index contributed by atoms with van der Waals surface area (Å²) in [7, 11) is 0. The monoisotopic (exact) mass is 389 g/mol. The largest absolute Gasteiger partial charge is 0.452 e. The Morgan fingerprint density at radius 1 is 1.17 bits per heavy atom. The lowest BCUT2D eigenvalue weighted by atomic mass is 9.96. The van der Waals surface area contributed by atoms with E-state index in [1.165, 1.54) is 17.1 Å². The molecule has 3 rings (SSSR count). The third kappa shape index (κ3) is 4.17. The Bertz CT molecular complexity index is 1030. The van der Waals surface area contributed by atoms with Gasteiger partial charge in [-0.2, -0.15) is 5.26 Å². The number of fused-ring (bicyclic) bond motifs is 1. The number of para-hydroxylation sites is 2. The lowest BCUT2D eigenvalue weighted by Gasteiger charge is -2.41.